The number of carbonyl (C=O) groups is 5. The number of aliphatic hydroxyl groups excluding tert-OH is 1. The van der Waals surface area contributed by atoms with Crippen LogP contribution in [0.2, 0.25) is 0 Å². The third kappa shape index (κ3) is 8.28. The van der Waals surface area contributed by atoms with Gasteiger partial charge in [0, 0.05) is 37.5 Å². The maximum Gasteiger partial charge on any atom is 0.407 e. The minimum atomic E-state index is -2.23. The van der Waals surface area contributed by atoms with Gasteiger partial charge in [-0.1, -0.05) is 59.4 Å². The van der Waals surface area contributed by atoms with E-state index in [-0.39, 0.29) is 30.9 Å². The van der Waals surface area contributed by atoms with Crippen LogP contribution in [-0.4, -0.2) is 119 Å². The van der Waals surface area contributed by atoms with Gasteiger partial charge in [0.1, 0.15) is 35.6 Å². The van der Waals surface area contributed by atoms with Gasteiger partial charge in [0.05, 0.1) is 30.2 Å². The average molecular weight is 870 g/mol. The van der Waals surface area contributed by atoms with Crippen molar-refractivity contribution in [1.82, 2.24) is 5.32 Å². The molecule has 4 fully saturated rings. The summed E-state index contributed by atoms with van der Waals surface area (Å²) in [5, 5.41) is 28.1. The van der Waals surface area contributed by atoms with E-state index in [1.165, 1.54) is 19.9 Å². The van der Waals surface area contributed by atoms with Crippen molar-refractivity contribution in [3.63, 3.8) is 0 Å². The van der Waals surface area contributed by atoms with E-state index < -0.39 is 125 Å². The van der Waals surface area contributed by atoms with Crippen LogP contribution in [0.15, 0.2) is 54.1 Å². The molecule has 13 atom stereocenters. The van der Waals surface area contributed by atoms with Gasteiger partial charge in [-0.05, 0) is 69.4 Å². The summed E-state index contributed by atoms with van der Waals surface area (Å²) in [7, 11) is 0. The van der Waals surface area contributed by atoms with E-state index in [0.717, 1.165) is 0 Å². The molecule has 0 radical (unpaired) electrons. The lowest BCUT2D eigenvalue weighted by atomic mass is 9.44. The van der Waals surface area contributed by atoms with Crippen molar-refractivity contribution in [3.8, 4) is 0 Å². The predicted molar refractivity (Wildman–Crippen MR) is 220 cm³/mol. The van der Waals surface area contributed by atoms with Gasteiger partial charge in [0.2, 0.25) is 0 Å². The first kappa shape index (κ1) is 47.1. The van der Waals surface area contributed by atoms with Crippen molar-refractivity contribution in [1.29, 1.82) is 0 Å². The molecule has 2 unspecified atom stereocenters. The highest BCUT2D eigenvalue weighted by molar-refractivity contribution is 5.89. The van der Waals surface area contributed by atoms with Crippen LogP contribution in [0.25, 0.3) is 0 Å². The van der Waals surface area contributed by atoms with E-state index in [2.05, 4.69) is 11.9 Å². The van der Waals surface area contributed by atoms with Crippen LogP contribution < -0.4 is 5.32 Å². The van der Waals surface area contributed by atoms with Gasteiger partial charge in [-0.25, -0.2) is 14.4 Å². The predicted octanol–water partition coefficient (Wildman–Crippen LogP) is 4.87. The van der Waals surface area contributed by atoms with Crippen LogP contribution in [-0.2, 0) is 52.3 Å². The molecule has 3 N–H and O–H groups in total. The Morgan fingerprint density at radius 3 is 2.19 bits per heavy atom. The zero-order valence-corrected chi connectivity index (χ0v) is 37.6. The Hall–Kier alpha value is -4.35. The summed E-state index contributed by atoms with van der Waals surface area (Å²) >= 11 is 0. The number of fused-ring (bicyclic) bond motifs is 4. The highest BCUT2D eigenvalue weighted by Gasteiger charge is 2.79. The quantitative estimate of drug-likeness (QED) is 0.154. The molecule has 2 bridgehead atoms. The fourth-order valence-corrected chi connectivity index (χ4v) is 10.7. The number of rotatable bonds is 11. The van der Waals surface area contributed by atoms with Gasteiger partial charge >= 0.3 is 30.0 Å². The van der Waals surface area contributed by atoms with Crippen LogP contribution >= 0.6 is 0 Å². The van der Waals surface area contributed by atoms with Crippen LogP contribution in [0.5, 0.6) is 0 Å². The summed E-state index contributed by atoms with van der Waals surface area (Å²) in [5.74, 6) is -4.57. The third-order valence-corrected chi connectivity index (χ3v) is 13.4. The molecular formula is C46H63NO15. The molecule has 342 valence electrons. The summed E-state index contributed by atoms with van der Waals surface area (Å²) in [5.41, 5.74) is -6.65. The number of ether oxygens (including phenoxy) is 8. The smallest absolute Gasteiger partial charge is 0.407 e. The molecule has 3 aliphatic carbocycles. The van der Waals surface area contributed by atoms with Gasteiger partial charge in [-0.3, -0.25) is 9.59 Å². The first-order valence-corrected chi connectivity index (χ1v) is 21.3. The largest absolute Gasteiger partial charge is 0.456 e. The second-order valence-corrected chi connectivity index (χ2v) is 19.5. The molecule has 2 heterocycles. The monoisotopic (exact) mass is 869 g/mol. The number of benzene rings is 1. The molecule has 2 saturated carbocycles. The first-order valence-electron chi connectivity index (χ1n) is 21.3. The van der Waals surface area contributed by atoms with E-state index in [1.54, 1.807) is 71.9 Å². The highest BCUT2D eigenvalue weighted by atomic mass is 16.7. The molecule has 0 aromatic heterocycles. The Balaban J connectivity index is 1.57. The summed E-state index contributed by atoms with van der Waals surface area (Å²) < 4.78 is 50.2. The van der Waals surface area contributed by atoms with E-state index >= 15 is 0 Å². The molecule has 62 heavy (non-hydrogen) atoms. The van der Waals surface area contributed by atoms with Gasteiger partial charge < -0.3 is 53.4 Å². The molecule has 16 nitrogen and oxygen atoms in total. The zero-order valence-electron chi connectivity index (χ0n) is 37.6. The summed E-state index contributed by atoms with van der Waals surface area (Å²) in [6, 6.07) is 7.04. The number of hydrogen-bond donors (Lipinski definition) is 3. The van der Waals surface area contributed by atoms with E-state index in [9.17, 15) is 34.2 Å². The number of hydrogen-bond acceptors (Lipinski definition) is 15. The van der Waals surface area contributed by atoms with Crippen molar-refractivity contribution < 1.29 is 72.1 Å². The highest BCUT2D eigenvalue weighted by Crippen LogP contribution is 2.67. The number of nitrogens with one attached hydrogen (secondary N) is 1. The Morgan fingerprint density at radius 1 is 0.984 bits per heavy atom. The standard InChI is InChI=1S/C46H63NO15/c1-13-32-58-30-20-31-45(22-55-31,61-26(6)49)36-38(60-39(51)27-17-15-14-16-18-27)46(54)21-29(57-40(52)34(50)28(19-23(2)3)47-41(53)62-42(7,8)9)24(4)33(43(46,10)11)35(56-25(5)48)37(59-32)44(30,36)12/h13-18,23,28-32,34-38,50,54H,1,19-22H2,2-12H3,(H,47,53)/t28-,29-,30-,31+,32?,34+,35-,36?,37-,38-,44+,45-,46+/m0/s1. The zero-order chi connectivity index (χ0) is 45.9. The van der Waals surface area contributed by atoms with Gasteiger partial charge in [0.25, 0.3) is 0 Å². The molecule has 16 heteroatoms. The lowest BCUT2D eigenvalue weighted by Crippen LogP contribution is -2.83. The molecule has 1 amide bonds. The van der Waals surface area contributed by atoms with E-state index in [1.807, 2.05) is 20.8 Å². The van der Waals surface area contributed by atoms with Gasteiger partial charge in [-0.15, -0.1) is 0 Å². The maximum atomic E-state index is 14.4. The molecule has 2 aliphatic heterocycles. The SMILES string of the molecule is C=CC1O[C@H]2C[C@H]3OC[C@@]3(OC(C)=O)C3[C@H](OC(=O)c4ccccc4)[C@]4(O)C[C@H](OC(=O)[C@H](O)[C@H](CC(C)C)NC(=O)OC(C)(C)C)C(C)=C([C@H](OC(C)=O)[C@H](O1)[C@@]32C)C4(C)C. The first-order chi connectivity index (χ1) is 28.8. The number of carbonyl (C=O) groups excluding carboxylic acids is 5. The molecule has 6 rings (SSSR count). The maximum absolute atomic E-state index is 14.4. The lowest BCUT2D eigenvalue weighted by Gasteiger charge is -2.71. The summed E-state index contributed by atoms with van der Waals surface area (Å²) in [6.07, 6.45) is -9.36. The Kier molecular flexibility index (Phi) is 12.9. The molecular weight excluding hydrogens is 806 g/mol. The number of alkyl carbamates (subject to hydrolysis) is 1. The van der Waals surface area contributed by atoms with Crippen molar-refractivity contribution in [3.05, 3.63) is 59.7 Å². The average Bonchev–Trinajstić information content (AvgIpc) is 3.15. The summed E-state index contributed by atoms with van der Waals surface area (Å²) in [6.45, 7) is 21.9. The molecule has 0 spiro atoms. The lowest BCUT2D eigenvalue weighted by molar-refractivity contribution is -0.405. The van der Waals surface area contributed by atoms with Gasteiger partial charge in [-0.2, -0.15) is 0 Å². The summed E-state index contributed by atoms with van der Waals surface area (Å²) in [4.78, 5) is 68.1. The number of esters is 4. The molecule has 2 saturated heterocycles. The van der Waals surface area contributed by atoms with Crippen molar-refractivity contribution in [2.75, 3.05) is 6.61 Å². The number of aliphatic hydroxyl groups is 2. The van der Waals surface area contributed by atoms with Crippen LogP contribution in [0.1, 0.15) is 106 Å². The number of amides is 1. The van der Waals surface area contributed by atoms with Gasteiger partial charge in [0.15, 0.2) is 24.1 Å². The van der Waals surface area contributed by atoms with E-state index in [4.69, 9.17) is 37.9 Å². The minimum Gasteiger partial charge on any atom is -0.456 e. The third-order valence-electron chi connectivity index (χ3n) is 13.4. The molecule has 1 aromatic rings. The Bertz CT molecular complexity index is 1960. The van der Waals surface area contributed by atoms with Crippen LogP contribution in [0.4, 0.5) is 4.79 Å². The fourth-order valence-electron chi connectivity index (χ4n) is 10.7. The minimum absolute atomic E-state index is 0.0926. The Labute approximate surface area is 362 Å². The fraction of sp³-hybridized carbons (Fsp3) is 0.674. The second kappa shape index (κ2) is 17.0. The van der Waals surface area contributed by atoms with Crippen molar-refractivity contribution in [2.45, 2.75) is 167 Å². The molecule has 5 aliphatic rings. The van der Waals surface area contributed by atoms with E-state index in [0.29, 0.717) is 11.1 Å². The second-order valence-electron chi connectivity index (χ2n) is 19.5. The van der Waals surface area contributed by atoms with Crippen molar-refractivity contribution in [2.24, 2.45) is 22.7 Å². The normalized spacial score (nSPS) is 35.5. The Morgan fingerprint density at radius 2 is 1.65 bits per heavy atom. The topological polar surface area (TPSA) is 212 Å². The van der Waals surface area contributed by atoms with Crippen LogP contribution in [0, 0.1) is 22.7 Å². The van der Waals surface area contributed by atoms with Crippen LogP contribution in [0.3, 0.4) is 0 Å². The van der Waals surface area contributed by atoms with Crippen molar-refractivity contribution >= 4 is 30.0 Å². The molecule has 1 aromatic carbocycles.